The predicted octanol–water partition coefficient (Wildman–Crippen LogP) is 4.90. The molecule has 1 aliphatic rings. The van der Waals surface area contributed by atoms with Crippen molar-refractivity contribution in [2.24, 2.45) is 0 Å². The van der Waals surface area contributed by atoms with Gasteiger partial charge in [0, 0.05) is 30.1 Å². The van der Waals surface area contributed by atoms with Crippen molar-refractivity contribution < 1.29 is 0 Å². The smallest absolute Gasteiger partial charge is 0.225 e. The zero-order valence-corrected chi connectivity index (χ0v) is 15.6. The van der Waals surface area contributed by atoms with E-state index in [0.717, 1.165) is 29.8 Å². The van der Waals surface area contributed by atoms with Crippen LogP contribution in [0.5, 0.6) is 0 Å². The Balaban J connectivity index is 1.68. The number of nitrogens with zero attached hydrogens (tertiary/aromatic N) is 4. The average Bonchev–Trinajstić information content (AvgIpc) is 2.75. The number of benzene rings is 1. The molecule has 0 radical (unpaired) electrons. The highest BCUT2D eigenvalue weighted by atomic mass is 15.2. The quantitative estimate of drug-likeness (QED) is 0.664. The third-order valence-corrected chi connectivity index (χ3v) is 4.95. The number of hydrogen-bond donors (Lipinski definition) is 2. The Morgan fingerprint density at radius 3 is 2.54 bits per heavy atom. The van der Waals surface area contributed by atoms with Crippen LogP contribution in [-0.2, 0) is 0 Å². The van der Waals surface area contributed by atoms with E-state index in [4.69, 9.17) is 4.98 Å². The van der Waals surface area contributed by atoms with Gasteiger partial charge in [-0.05, 0) is 37.1 Å². The van der Waals surface area contributed by atoms with Crippen LogP contribution in [0.25, 0.3) is 11.3 Å². The topological polar surface area (TPSA) is 86.5 Å². The fourth-order valence-electron chi connectivity index (χ4n) is 3.50. The number of anilines is 3. The zero-order chi connectivity index (χ0) is 19.2. The van der Waals surface area contributed by atoms with Crippen LogP contribution in [0.15, 0.2) is 54.9 Å². The van der Waals surface area contributed by atoms with Crippen molar-refractivity contribution in [3.8, 4) is 17.3 Å². The summed E-state index contributed by atoms with van der Waals surface area (Å²) in [5.41, 5.74) is 3.09. The minimum Gasteiger partial charge on any atom is -0.351 e. The molecule has 0 bridgehead atoms. The molecule has 1 saturated carbocycles. The molecular weight excluding hydrogens is 348 g/mol. The molecule has 0 aliphatic heterocycles. The van der Waals surface area contributed by atoms with Crippen LogP contribution >= 0.6 is 0 Å². The highest BCUT2D eigenvalue weighted by Crippen LogP contribution is 2.26. The Morgan fingerprint density at radius 1 is 0.964 bits per heavy atom. The molecule has 140 valence electrons. The van der Waals surface area contributed by atoms with Gasteiger partial charge in [-0.25, -0.2) is 4.98 Å². The lowest BCUT2D eigenvalue weighted by Gasteiger charge is -2.23. The van der Waals surface area contributed by atoms with Gasteiger partial charge in [-0.15, -0.1) is 0 Å². The van der Waals surface area contributed by atoms with Gasteiger partial charge in [-0.1, -0.05) is 31.4 Å². The summed E-state index contributed by atoms with van der Waals surface area (Å²) >= 11 is 0. The highest BCUT2D eigenvalue weighted by molar-refractivity contribution is 5.69. The molecule has 1 aliphatic carbocycles. The van der Waals surface area contributed by atoms with Crippen LogP contribution in [0.4, 0.5) is 17.5 Å². The van der Waals surface area contributed by atoms with Crippen molar-refractivity contribution in [3.05, 3.63) is 60.4 Å². The number of aromatic nitrogens is 3. The van der Waals surface area contributed by atoms with Crippen LogP contribution in [0.1, 0.15) is 37.7 Å². The van der Waals surface area contributed by atoms with Crippen molar-refractivity contribution in [1.82, 2.24) is 15.0 Å². The summed E-state index contributed by atoms with van der Waals surface area (Å²) < 4.78 is 0. The molecule has 6 heteroatoms. The fourth-order valence-corrected chi connectivity index (χ4v) is 3.50. The van der Waals surface area contributed by atoms with Crippen LogP contribution in [0.3, 0.4) is 0 Å². The summed E-state index contributed by atoms with van der Waals surface area (Å²) in [5, 5.41) is 16.1. The fraction of sp³-hybridized carbons (Fsp3) is 0.273. The van der Waals surface area contributed by atoms with Gasteiger partial charge in [0.2, 0.25) is 5.95 Å². The summed E-state index contributed by atoms with van der Waals surface area (Å²) in [6, 6.07) is 15.8. The standard InChI is InChI=1S/C22H22N6/c23-15-17-6-4-5-9-19(17)26-21-14-20(16-10-12-24-13-11-16)27-22(28-21)25-18-7-2-1-3-8-18/h4-6,9-14,18H,1-3,7-8H2,(H2,25,26,27,28). The maximum absolute atomic E-state index is 9.36. The molecule has 28 heavy (non-hydrogen) atoms. The molecule has 0 unspecified atom stereocenters. The van der Waals surface area contributed by atoms with Gasteiger partial charge in [0.25, 0.3) is 0 Å². The lowest BCUT2D eigenvalue weighted by atomic mass is 9.96. The first-order chi connectivity index (χ1) is 13.8. The number of pyridine rings is 1. The van der Waals surface area contributed by atoms with Crippen molar-refractivity contribution in [3.63, 3.8) is 0 Å². The molecule has 2 heterocycles. The van der Waals surface area contributed by atoms with Gasteiger partial charge >= 0.3 is 0 Å². The van der Waals surface area contributed by atoms with Crippen LogP contribution in [0, 0.1) is 11.3 Å². The molecule has 2 N–H and O–H groups in total. The molecule has 0 saturated heterocycles. The molecule has 1 aromatic carbocycles. The van der Waals surface area contributed by atoms with Crippen molar-refractivity contribution in [2.75, 3.05) is 10.6 Å². The van der Waals surface area contributed by atoms with E-state index in [1.807, 2.05) is 36.4 Å². The second kappa shape index (κ2) is 8.49. The molecule has 2 aromatic heterocycles. The largest absolute Gasteiger partial charge is 0.351 e. The van der Waals surface area contributed by atoms with E-state index in [0.29, 0.717) is 23.4 Å². The van der Waals surface area contributed by atoms with Crippen LogP contribution in [0.2, 0.25) is 0 Å². The molecule has 0 atom stereocenters. The number of hydrogen-bond acceptors (Lipinski definition) is 6. The monoisotopic (exact) mass is 370 g/mol. The Labute approximate surface area is 164 Å². The molecule has 1 fully saturated rings. The molecule has 0 spiro atoms. The molecule has 6 nitrogen and oxygen atoms in total. The number of para-hydroxylation sites is 1. The third-order valence-electron chi connectivity index (χ3n) is 4.95. The Hall–Kier alpha value is -3.46. The van der Waals surface area contributed by atoms with E-state index >= 15 is 0 Å². The molecular formula is C22H22N6. The number of nitriles is 1. The van der Waals surface area contributed by atoms with Gasteiger partial charge in [0.1, 0.15) is 11.9 Å². The Morgan fingerprint density at radius 2 is 1.75 bits per heavy atom. The van der Waals surface area contributed by atoms with Crippen molar-refractivity contribution >= 4 is 17.5 Å². The summed E-state index contributed by atoms with van der Waals surface area (Å²) in [6.07, 6.45) is 9.57. The van der Waals surface area contributed by atoms with Crippen molar-refractivity contribution in [1.29, 1.82) is 5.26 Å². The summed E-state index contributed by atoms with van der Waals surface area (Å²) in [4.78, 5) is 13.5. The first kappa shape index (κ1) is 17.9. The Bertz CT molecular complexity index is 974. The van der Waals surface area contributed by atoms with Crippen molar-refractivity contribution in [2.45, 2.75) is 38.1 Å². The second-order valence-electron chi connectivity index (χ2n) is 6.96. The molecule has 4 rings (SSSR count). The van der Waals surface area contributed by atoms with E-state index < -0.39 is 0 Å². The minimum atomic E-state index is 0.403. The minimum absolute atomic E-state index is 0.403. The predicted molar refractivity (Wildman–Crippen MR) is 110 cm³/mol. The normalized spacial score (nSPS) is 14.2. The number of nitrogens with one attached hydrogen (secondary N) is 2. The lowest BCUT2D eigenvalue weighted by molar-refractivity contribution is 0.461. The van der Waals surface area contributed by atoms with E-state index in [9.17, 15) is 5.26 Å². The maximum Gasteiger partial charge on any atom is 0.225 e. The van der Waals surface area contributed by atoms with E-state index in [2.05, 4.69) is 26.7 Å². The van der Waals surface area contributed by atoms with E-state index in [-0.39, 0.29) is 0 Å². The van der Waals surface area contributed by atoms with Crippen LogP contribution in [-0.4, -0.2) is 21.0 Å². The van der Waals surface area contributed by atoms with Gasteiger partial charge in [0.05, 0.1) is 16.9 Å². The summed E-state index contributed by atoms with van der Waals surface area (Å²) in [7, 11) is 0. The summed E-state index contributed by atoms with van der Waals surface area (Å²) in [5.74, 6) is 1.26. The van der Waals surface area contributed by atoms with Gasteiger partial charge in [-0.3, -0.25) is 4.98 Å². The first-order valence-electron chi connectivity index (χ1n) is 9.64. The Kier molecular flexibility index (Phi) is 5.43. The van der Waals surface area contributed by atoms with Gasteiger partial charge in [-0.2, -0.15) is 10.2 Å². The zero-order valence-electron chi connectivity index (χ0n) is 15.6. The van der Waals surface area contributed by atoms with Gasteiger partial charge in [0.15, 0.2) is 0 Å². The molecule has 0 amide bonds. The highest BCUT2D eigenvalue weighted by Gasteiger charge is 2.16. The van der Waals surface area contributed by atoms with Crippen LogP contribution < -0.4 is 10.6 Å². The molecule has 3 aromatic rings. The first-order valence-corrected chi connectivity index (χ1v) is 9.64. The average molecular weight is 370 g/mol. The number of rotatable bonds is 5. The maximum atomic E-state index is 9.36. The lowest BCUT2D eigenvalue weighted by Crippen LogP contribution is -2.23. The van der Waals surface area contributed by atoms with E-state index in [1.165, 1.54) is 19.3 Å². The van der Waals surface area contributed by atoms with Gasteiger partial charge < -0.3 is 10.6 Å². The third kappa shape index (κ3) is 4.26. The van der Waals surface area contributed by atoms with E-state index in [1.54, 1.807) is 18.5 Å². The SMILES string of the molecule is N#Cc1ccccc1Nc1cc(-c2ccncc2)nc(NC2CCCCC2)n1. The second-order valence-corrected chi connectivity index (χ2v) is 6.96. The summed E-state index contributed by atoms with van der Waals surface area (Å²) in [6.45, 7) is 0.